The number of hydrogen-bond acceptors (Lipinski definition) is 5. The molecule has 1 saturated heterocycles. The molecule has 0 spiro atoms. The number of rotatable bonds is 5. The van der Waals surface area contributed by atoms with Crippen LogP contribution in [0.1, 0.15) is 19.3 Å². The van der Waals surface area contributed by atoms with Gasteiger partial charge in [-0.05, 0) is 19.3 Å². The van der Waals surface area contributed by atoms with E-state index in [1.807, 2.05) is 0 Å². The molecule has 1 aromatic rings. The Bertz CT molecular complexity index is 368. The van der Waals surface area contributed by atoms with E-state index >= 15 is 0 Å². The van der Waals surface area contributed by atoms with Crippen molar-refractivity contribution in [3.8, 4) is 0 Å². The van der Waals surface area contributed by atoms with Gasteiger partial charge in [-0.15, -0.1) is 0 Å². The van der Waals surface area contributed by atoms with Crippen molar-refractivity contribution < 1.29 is 4.74 Å². The van der Waals surface area contributed by atoms with Crippen LogP contribution in [0.4, 0.5) is 11.8 Å². The molecule has 0 aliphatic carbocycles. The van der Waals surface area contributed by atoms with E-state index in [0.717, 1.165) is 26.0 Å². The zero-order chi connectivity index (χ0) is 12.1. The van der Waals surface area contributed by atoms with Gasteiger partial charge in [0.15, 0.2) is 0 Å². The summed E-state index contributed by atoms with van der Waals surface area (Å²) in [6.07, 6.45) is 5.28. The van der Waals surface area contributed by atoms with Gasteiger partial charge in [0.25, 0.3) is 0 Å². The predicted molar refractivity (Wildman–Crippen MR) is 68.7 cm³/mol. The van der Waals surface area contributed by atoms with Crippen LogP contribution < -0.4 is 10.6 Å². The molecule has 2 heterocycles. The molecule has 17 heavy (non-hydrogen) atoms. The summed E-state index contributed by atoms with van der Waals surface area (Å²) in [4.78, 5) is 8.27. The Morgan fingerprint density at radius 3 is 3.18 bits per heavy atom. The maximum absolute atomic E-state index is 6.00. The zero-order valence-electron chi connectivity index (χ0n) is 9.87. The van der Waals surface area contributed by atoms with E-state index in [1.165, 1.54) is 6.42 Å². The fourth-order valence-corrected chi connectivity index (χ4v) is 1.99. The molecule has 6 heteroatoms. The van der Waals surface area contributed by atoms with E-state index in [-0.39, 0.29) is 0 Å². The summed E-state index contributed by atoms with van der Waals surface area (Å²) in [5.74, 6) is 1.23. The molecule has 1 aromatic heterocycles. The van der Waals surface area contributed by atoms with E-state index in [9.17, 15) is 0 Å². The quantitative estimate of drug-likeness (QED) is 0.845. The van der Waals surface area contributed by atoms with Crippen molar-refractivity contribution in [2.24, 2.45) is 0 Å². The van der Waals surface area contributed by atoms with Gasteiger partial charge in [-0.25, -0.2) is 4.98 Å². The Morgan fingerprint density at radius 1 is 1.59 bits per heavy atom. The van der Waals surface area contributed by atoms with Crippen LogP contribution in [0.3, 0.4) is 0 Å². The molecule has 1 unspecified atom stereocenters. The second kappa shape index (κ2) is 6.02. The molecule has 1 aliphatic heterocycles. The van der Waals surface area contributed by atoms with Crippen LogP contribution in [-0.4, -0.2) is 36.3 Å². The van der Waals surface area contributed by atoms with Crippen molar-refractivity contribution in [2.45, 2.75) is 25.4 Å². The first-order valence-electron chi connectivity index (χ1n) is 5.85. The molecular formula is C11H17ClN4O. The van der Waals surface area contributed by atoms with E-state index in [2.05, 4.69) is 20.6 Å². The molecular weight excluding hydrogens is 240 g/mol. The lowest BCUT2D eigenvalue weighted by Gasteiger charge is -2.11. The summed E-state index contributed by atoms with van der Waals surface area (Å²) in [5, 5.41) is 6.63. The minimum absolute atomic E-state index is 0.381. The number of hydrogen-bond donors (Lipinski definition) is 2. The average Bonchev–Trinajstić information content (AvgIpc) is 2.84. The fraction of sp³-hybridized carbons (Fsp3) is 0.636. The van der Waals surface area contributed by atoms with Crippen LogP contribution in [0.15, 0.2) is 6.20 Å². The van der Waals surface area contributed by atoms with Crippen LogP contribution in [0, 0.1) is 0 Å². The van der Waals surface area contributed by atoms with Gasteiger partial charge in [0.2, 0.25) is 5.95 Å². The van der Waals surface area contributed by atoms with E-state index in [0.29, 0.717) is 22.9 Å². The molecule has 1 atom stereocenters. The van der Waals surface area contributed by atoms with E-state index in [1.54, 1.807) is 13.2 Å². The average molecular weight is 257 g/mol. The van der Waals surface area contributed by atoms with Crippen molar-refractivity contribution in [1.29, 1.82) is 0 Å². The first-order chi connectivity index (χ1) is 8.29. The second-order valence-electron chi connectivity index (χ2n) is 3.99. The molecule has 1 fully saturated rings. The lowest BCUT2D eigenvalue weighted by Crippen LogP contribution is -2.13. The smallest absolute Gasteiger partial charge is 0.224 e. The predicted octanol–water partition coefficient (Wildman–Crippen LogP) is 2.15. The highest BCUT2D eigenvalue weighted by Crippen LogP contribution is 2.20. The highest BCUT2D eigenvalue weighted by molar-refractivity contribution is 6.32. The number of nitrogens with one attached hydrogen (secondary N) is 2. The van der Waals surface area contributed by atoms with Crippen LogP contribution in [0.5, 0.6) is 0 Å². The lowest BCUT2D eigenvalue weighted by atomic mass is 10.2. The van der Waals surface area contributed by atoms with Gasteiger partial charge in [0, 0.05) is 20.2 Å². The molecule has 0 radical (unpaired) electrons. The van der Waals surface area contributed by atoms with Crippen LogP contribution in [0.2, 0.25) is 5.02 Å². The fourth-order valence-electron chi connectivity index (χ4n) is 1.84. The summed E-state index contributed by atoms with van der Waals surface area (Å²) in [6.45, 7) is 1.70. The summed E-state index contributed by atoms with van der Waals surface area (Å²) in [6, 6.07) is 0. The highest BCUT2D eigenvalue weighted by Gasteiger charge is 2.15. The molecule has 0 saturated carbocycles. The molecule has 1 aliphatic rings. The molecule has 0 amide bonds. The lowest BCUT2D eigenvalue weighted by molar-refractivity contribution is 0.107. The molecule has 94 valence electrons. The minimum Gasteiger partial charge on any atom is -0.378 e. The van der Waals surface area contributed by atoms with Gasteiger partial charge in [-0.2, -0.15) is 4.98 Å². The Hall–Kier alpha value is -1.07. The van der Waals surface area contributed by atoms with Gasteiger partial charge in [-0.3, -0.25) is 0 Å². The van der Waals surface area contributed by atoms with Gasteiger partial charge in [0.05, 0.1) is 12.3 Å². The SMILES string of the molecule is CNc1ncc(Cl)c(NCCC2CCCO2)n1. The van der Waals surface area contributed by atoms with Crippen molar-refractivity contribution in [1.82, 2.24) is 9.97 Å². The maximum atomic E-state index is 6.00. The number of halogens is 1. The van der Waals surface area contributed by atoms with E-state index in [4.69, 9.17) is 16.3 Å². The Labute approximate surface area is 106 Å². The Balaban J connectivity index is 1.84. The van der Waals surface area contributed by atoms with Crippen LogP contribution >= 0.6 is 11.6 Å². The van der Waals surface area contributed by atoms with Gasteiger partial charge in [0.1, 0.15) is 10.8 Å². The number of nitrogens with zero attached hydrogens (tertiary/aromatic N) is 2. The Morgan fingerprint density at radius 2 is 2.47 bits per heavy atom. The highest BCUT2D eigenvalue weighted by atomic mass is 35.5. The third-order valence-corrected chi connectivity index (χ3v) is 3.03. The largest absolute Gasteiger partial charge is 0.378 e. The van der Waals surface area contributed by atoms with Crippen molar-refractivity contribution in [3.63, 3.8) is 0 Å². The van der Waals surface area contributed by atoms with Crippen molar-refractivity contribution in [2.75, 3.05) is 30.8 Å². The third kappa shape index (κ3) is 3.44. The van der Waals surface area contributed by atoms with E-state index < -0.39 is 0 Å². The molecule has 0 bridgehead atoms. The second-order valence-corrected chi connectivity index (χ2v) is 4.40. The van der Waals surface area contributed by atoms with Gasteiger partial charge in [-0.1, -0.05) is 11.6 Å². The summed E-state index contributed by atoms with van der Waals surface area (Å²) in [5.41, 5.74) is 0. The summed E-state index contributed by atoms with van der Waals surface area (Å²) < 4.78 is 5.55. The Kier molecular flexibility index (Phi) is 4.39. The molecule has 5 nitrogen and oxygen atoms in total. The zero-order valence-corrected chi connectivity index (χ0v) is 10.6. The monoisotopic (exact) mass is 256 g/mol. The number of aromatic nitrogens is 2. The van der Waals surface area contributed by atoms with Crippen LogP contribution in [-0.2, 0) is 4.74 Å². The summed E-state index contributed by atoms with van der Waals surface area (Å²) in [7, 11) is 1.78. The molecule has 2 rings (SSSR count). The minimum atomic E-state index is 0.381. The number of ether oxygens (including phenoxy) is 1. The topological polar surface area (TPSA) is 59.1 Å². The van der Waals surface area contributed by atoms with Gasteiger partial charge < -0.3 is 15.4 Å². The first kappa shape index (κ1) is 12.4. The maximum Gasteiger partial charge on any atom is 0.224 e. The number of anilines is 2. The normalized spacial score (nSPS) is 19.3. The van der Waals surface area contributed by atoms with Crippen LogP contribution in [0.25, 0.3) is 0 Å². The molecule has 0 aromatic carbocycles. The standard InChI is InChI=1S/C11H17ClN4O/c1-13-11-15-7-9(12)10(16-11)14-5-4-8-3-2-6-17-8/h7-8H,2-6H2,1H3,(H2,13,14,15,16). The van der Waals surface area contributed by atoms with Gasteiger partial charge >= 0.3 is 0 Å². The van der Waals surface area contributed by atoms with Crippen molar-refractivity contribution in [3.05, 3.63) is 11.2 Å². The summed E-state index contributed by atoms with van der Waals surface area (Å²) >= 11 is 6.00. The third-order valence-electron chi connectivity index (χ3n) is 2.75. The molecule has 2 N–H and O–H groups in total. The first-order valence-corrected chi connectivity index (χ1v) is 6.23. The van der Waals surface area contributed by atoms with Crippen molar-refractivity contribution >= 4 is 23.4 Å².